The molecule has 0 spiro atoms. The van der Waals surface area contributed by atoms with Gasteiger partial charge < -0.3 is 20.6 Å². The van der Waals surface area contributed by atoms with Crippen molar-refractivity contribution in [2.75, 3.05) is 13.1 Å². The van der Waals surface area contributed by atoms with Gasteiger partial charge in [-0.2, -0.15) is 13.2 Å². The van der Waals surface area contributed by atoms with Crippen molar-refractivity contribution in [1.29, 1.82) is 0 Å². The first kappa shape index (κ1) is 35.3. The lowest BCUT2D eigenvalue weighted by Gasteiger charge is -2.42. The lowest BCUT2D eigenvalue weighted by molar-refractivity contribution is -0.136. The summed E-state index contributed by atoms with van der Waals surface area (Å²) in [5, 5.41) is 16.6. The summed E-state index contributed by atoms with van der Waals surface area (Å²) in [4.78, 5) is 29.2. The SMILES string of the molecule is CC(C)(C)C1CCC(N(Cc2ccc(C(=O)NCCC(=O)O)cc2)C(=NCC(F)(F)F)NC(C=S)c2ccc(Cl)cc2)CC1. The number of rotatable bonds is 11. The van der Waals surface area contributed by atoms with E-state index in [2.05, 4.69) is 36.4 Å². The second-order valence-electron chi connectivity index (χ2n) is 12.2. The summed E-state index contributed by atoms with van der Waals surface area (Å²) in [6.07, 6.45) is -1.28. The Morgan fingerprint density at radius 1 is 1.07 bits per heavy atom. The van der Waals surface area contributed by atoms with Gasteiger partial charge in [0.25, 0.3) is 5.91 Å². The van der Waals surface area contributed by atoms with Crippen molar-refractivity contribution in [2.24, 2.45) is 16.3 Å². The summed E-state index contributed by atoms with van der Waals surface area (Å²) in [5.74, 6) is -0.833. The molecule has 3 N–H and O–H groups in total. The smallest absolute Gasteiger partial charge is 0.408 e. The molecule has 0 heterocycles. The van der Waals surface area contributed by atoms with E-state index in [1.54, 1.807) is 48.5 Å². The molecule has 1 unspecified atom stereocenters. The molecular weight excluding hydrogens is 613 g/mol. The van der Waals surface area contributed by atoms with Crippen LogP contribution in [0.25, 0.3) is 0 Å². The number of benzene rings is 2. The van der Waals surface area contributed by atoms with Crippen LogP contribution in [0.2, 0.25) is 5.02 Å². The largest absolute Gasteiger partial charge is 0.481 e. The topological polar surface area (TPSA) is 94.0 Å². The highest BCUT2D eigenvalue weighted by Crippen LogP contribution is 2.39. The number of amides is 1. The fourth-order valence-corrected chi connectivity index (χ4v) is 5.71. The predicted octanol–water partition coefficient (Wildman–Crippen LogP) is 7.20. The number of carbonyl (C=O) groups excluding carboxylic acids is 1. The van der Waals surface area contributed by atoms with Gasteiger partial charge in [0, 0.05) is 35.1 Å². The molecule has 1 saturated carbocycles. The molecule has 7 nitrogen and oxygen atoms in total. The third kappa shape index (κ3) is 11.1. The van der Waals surface area contributed by atoms with Crippen molar-refractivity contribution in [1.82, 2.24) is 15.5 Å². The zero-order valence-corrected chi connectivity index (χ0v) is 26.7. The third-order valence-corrected chi connectivity index (χ3v) is 8.41. The number of nitrogens with zero attached hydrogens (tertiary/aromatic N) is 2. The Morgan fingerprint density at radius 2 is 1.68 bits per heavy atom. The second-order valence-corrected chi connectivity index (χ2v) is 12.9. The number of carbonyl (C=O) groups is 2. The van der Waals surface area contributed by atoms with Crippen LogP contribution in [0, 0.1) is 11.3 Å². The fourth-order valence-electron chi connectivity index (χ4n) is 5.36. The van der Waals surface area contributed by atoms with E-state index in [1.807, 2.05) is 4.90 Å². The van der Waals surface area contributed by atoms with Crippen LogP contribution >= 0.6 is 23.8 Å². The molecule has 1 aliphatic rings. The zero-order chi connectivity index (χ0) is 32.5. The lowest BCUT2D eigenvalue weighted by Crippen LogP contribution is -2.50. The van der Waals surface area contributed by atoms with E-state index >= 15 is 0 Å². The van der Waals surface area contributed by atoms with Crippen molar-refractivity contribution in [3.63, 3.8) is 0 Å². The van der Waals surface area contributed by atoms with E-state index < -0.39 is 30.6 Å². The number of thiocarbonyl (C=S) groups is 1. The summed E-state index contributed by atoms with van der Waals surface area (Å²) in [6, 6.07) is 13.0. The molecule has 0 radical (unpaired) electrons. The molecule has 0 aromatic heterocycles. The zero-order valence-electron chi connectivity index (χ0n) is 25.2. The number of carboxylic acids is 1. The average Bonchev–Trinajstić information content (AvgIpc) is 2.96. The summed E-state index contributed by atoms with van der Waals surface area (Å²) in [7, 11) is 0. The number of aliphatic imine (C=N–C) groups is 1. The number of alkyl halides is 3. The van der Waals surface area contributed by atoms with Crippen LogP contribution in [0.1, 0.15) is 80.4 Å². The van der Waals surface area contributed by atoms with Gasteiger partial charge in [0.1, 0.15) is 6.54 Å². The van der Waals surface area contributed by atoms with E-state index in [4.69, 9.17) is 28.9 Å². The lowest BCUT2D eigenvalue weighted by atomic mass is 9.71. The predicted molar refractivity (Wildman–Crippen MR) is 171 cm³/mol. The molecule has 1 atom stereocenters. The fraction of sp³-hybridized carbons (Fsp3) is 0.500. The van der Waals surface area contributed by atoms with Crippen molar-refractivity contribution >= 4 is 47.0 Å². The number of halogens is 4. The summed E-state index contributed by atoms with van der Waals surface area (Å²) in [6.45, 7) is 5.53. The van der Waals surface area contributed by atoms with Gasteiger partial charge >= 0.3 is 12.1 Å². The van der Waals surface area contributed by atoms with Gasteiger partial charge in [-0.25, -0.2) is 4.99 Å². The van der Waals surface area contributed by atoms with Crippen molar-refractivity contribution in [3.05, 3.63) is 70.2 Å². The van der Waals surface area contributed by atoms with Gasteiger partial charge in [-0.1, -0.05) is 68.9 Å². The van der Waals surface area contributed by atoms with Gasteiger partial charge in [0.2, 0.25) is 0 Å². The first-order chi connectivity index (χ1) is 20.7. The molecule has 1 amide bonds. The Morgan fingerprint density at radius 3 is 2.20 bits per heavy atom. The third-order valence-electron chi connectivity index (χ3n) is 7.89. The minimum absolute atomic E-state index is 0.000293. The summed E-state index contributed by atoms with van der Waals surface area (Å²) in [5.41, 5.74) is 1.98. The Balaban J connectivity index is 1.93. The molecular formula is C32H40ClF3N4O3S. The Bertz CT molecular complexity index is 1290. The van der Waals surface area contributed by atoms with Gasteiger partial charge in [0.05, 0.1) is 12.5 Å². The standard InChI is InChI=1S/C32H40ClF3N4O3S/c1-31(2,3)24-10-14-26(15-11-24)40(18-21-4-6-23(7-5-21)29(43)37-17-16-28(41)42)30(38-20-32(34,35)36)39-27(19-44)22-8-12-25(33)13-9-22/h4-9,12-13,19,24,26-27H,10-11,14-18,20H2,1-3H3,(H,37,43)(H,38,39)(H,41,42). The van der Waals surface area contributed by atoms with Crippen LogP contribution in [-0.4, -0.2) is 58.5 Å². The van der Waals surface area contributed by atoms with Gasteiger partial charge in [-0.05, 0) is 72.4 Å². The molecule has 0 aliphatic heterocycles. The molecule has 2 aromatic carbocycles. The van der Waals surface area contributed by atoms with Crippen LogP contribution < -0.4 is 10.6 Å². The van der Waals surface area contributed by atoms with Gasteiger partial charge in [0.15, 0.2) is 5.96 Å². The summed E-state index contributed by atoms with van der Waals surface area (Å²) >= 11 is 11.3. The van der Waals surface area contributed by atoms with Crippen LogP contribution in [-0.2, 0) is 11.3 Å². The number of aliphatic carboxylic acids is 1. The molecule has 1 fully saturated rings. The highest BCUT2D eigenvalue weighted by Gasteiger charge is 2.34. The molecule has 1 aliphatic carbocycles. The van der Waals surface area contributed by atoms with E-state index in [9.17, 15) is 22.8 Å². The van der Waals surface area contributed by atoms with Crippen molar-refractivity contribution < 1.29 is 27.9 Å². The molecule has 240 valence electrons. The van der Waals surface area contributed by atoms with Crippen LogP contribution in [0.15, 0.2) is 53.5 Å². The van der Waals surface area contributed by atoms with E-state index in [-0.39, 0.29) is 36.9 Å². The average molecular weight is 653 g/mol. The van der Waals surface area contributed by atoms with Crippen molar-refractivity contribution in [2.45, 2.75) is 77.7 Å². The number of carboxylic acid groups (broad SMARTS) is 1. The monoisotopic (exact) mass is 652 g/mol. The van der Waals surface area contributed by atoms with E-state index in [0.717, 1.165) is 36.8 Å². The Hall–Kier alpha value is -3.18. The van der Waals surface area contributed by atoms with Gasteiger partial charge in [-0.15, -0.1) is 0 Å². The van der Waals surface area contributed by atoms with E-state index in [0.29, 0.717) is 16.5 Å². The number of hydrogen-bond donors (Lipinski definition) is 3. The maximum absolute atomic E-state index is 13.5. The van der Waals surface area contributed by atoms with Crippen LogP contribution in [0.3, 0.4) is 0 Å². The maximum Gasteiger partial charge on any atom is 0.408 e. The number of hydrogen-bond acceptors (Lipinski definition) is 4. The summed E-state index contributed by atoms with van der Waals surface area (Å²) < 4.78 is 40.5. The minimum Gasteiger partial charge on any atom is -0.481 e. The molecule has 3 rings (SSSR count). The molecule has 0 bridgehead atoms. The van der Waals surface area contributed by atoms with Crippen LogP contribution in [0.5, 0.6) is 0 Å². The number of nitrogens with one attached hydrogen (secondary N) is 2. The van der Waals surface area contributed by atoms with Crippen LogP contribution in [0.4, 0.5) is 13.2 Å². The Labute approximate surface area is 267 Å². The van der Waals surface area contributed by atoms with E-state index in [1.165, 1.54) is 5.37 Å². The number of guanidine groups is 1. The van der Waals surface area contributed by atoms with Crippen molar-refractivity contribution in [3.8, 4) is 0 Å². The molecule has 2 aromatic rings. The highest BCUT2D eigenvalue weighted by atomic mass is 35.5. The molecule has 0 saturated heterocycles. The first-order valence-corrected chi connectivity index (χ1v) is 15.5. The first-order valence-electron chi connectivity index (χ1n) is 14.6. The molecule has 44 heavy (non-hydrogen) atoms. The Kier molecular flexibility index (Phi) is 12.6. The molecule has 12 heteroatoms. The van der Waals surface area contributed by atoms with Gasteiger partial charge in [-0.3, -0.25) is 9.59 Å². The normalized spacial score (nSPS) is 18.3. The quantitative estimate of drug-likeness (QED) is 0.135. The second kappa shape index (κ2) is 15.7. The maximum atomic E-state index is 13.5. The minimum atomic E-state index is -4.51. The highest BCUT2D eigenvalue weighted by molar-refractivity contribution is 7.79.